The number of carbonyl (C=O) groups excluding carboxylic acids is 2. The molecule has 0 fully saturated rings. The number of sulfonamides is 1. The third-order valence-electron chi connectivity index (χ3n) is 3.93. The van der Waals surface area contributed by atoms with Gasteiger partial charge < -0.3 is 14.8 Å². The van der Waals surface area contributed by atoms with Crippen LogP contribution in [0.15, 0.2) is 59.5 Å². The average Bonchev–Trinajstić information content (AvgIpc) is 2.68. The van der Waals surface area contributed by atoms with E-state index in [1.54, 1.807) is 30.3 Å². The highest BCUT2D eigenvalue weighted by molar-refractivity contribution is 7.89. The minimum absolute atomic E-state index is 0.0369. The van der Waals surface area contributed by atoms with Gasteiger partial charge in [-0.2, -0.15) is 0 Å². The lowest BCUT2D eigenvalue weighted by Gasteiger charge is -2.18. The number of ether oxygens (including phenoxy) is 2. The quantitative estimate of drug-likeness (QED) is 0.658. The third kappa shape index (κ3) is 6.03. The van der Waals surface area contributed by atoms with Crippen molar-refractivity contribution >= 4 is 27.6 Å². The Hall–Kier alpha value is -2.91. The van der Waals surface area contributed by atoms with Crippen LogP contribution in [0.2, 0.25) is 0 Å². The molecule has 0 radical (unpaired) electrons. The molecule has 2 aromatic carbocycles. The summed E-state index contributed by atoms with van der Waals surface area (Å²) in [5.74, 6) is -0.780. The molecule has 8 nitrogen and oxygen atoms in total. The van der Waals surface area contributed by atoms with Crippen LogP contribution in [0.25, 0.3) is 0 Å². The Morgan fingerprint density at radius 2 is 1.62 bits per heavy atom. The van der Waals surface area contributed by atoms with E-state index >= 15 is 0 Å². The highest BCUT2D eigenvalue weighted by atomic mass is 32.2. The van der Waals surface area contributed by atoms with E-state index in [4.69, 9.17) is 9.47 Å². The van der Waals surface area contributed by atoms with Crippen molar-refractivity contribution in [1.82, 2.24) is 4.31 Å². The van der Waals surface area contributed by atoms with Crippen molar-refractivity contribution in [3.05, 3.63) is 54.6 Å². The lowest BCUT2D eigenvalue weighted by atomic mass is 10.3. The van der Waals surface area contributed by atoms with Crippen LogP contribution in [0.4, 0.5) is 5.69 Å². The third-order valence-corrected chi connectivity index (χ3v) is 5.74. The summed E-state index contributed by atoms with van der Waals surface area (Å²) in [4.78, 5) is 24.5. The van der Waals surface area contributed by atoms with Gasteiger partial charge in [0.1, 0.15) is 5.75 Å². The number of hydrogen-bond acceptors (Lipinski definition) is 6. The Morgan fingerprint density at radius 3 is 2.24 bits per heavy atom. The van der Waals surface area contributed by atoms with Gasteiger partial charge in [0.15, 0.2) is 12.2 Å². The molecule has 0 aliphatic rings. The summed E-state index contributed by atoms with van der Waals surface area (Å²) in [5.41, 5.74) is 0.273. The van der Waals surface area contributed by atoms with E-state index in [1.807, 2.05) is 6.07 Å². The first-order valence-corrected chi connectivity index (χ1v) is 10.3. The standard InChI is InChI=1S/C20H24N2O6S/c1-14(28-20(24)15(2)27-17-10-6-5-7-11-17)19(23)21-16-9-8-12-18(13-16)29(25,26)22(3)4/h5-15H,1-4H3,(H,21,23)/t14-,15+/m1/s1. The van der Waals surface area contributed by atoms with Gasteiger partial charge in [-0.3, -0.25) is 4.79 Å². The number of amides is 1. The summed E-state index contributed by atoms with van der Waals surface area (Å²) in [6, 6.07) is 14.6. The molecule has 29 heavy (non-hydrogen) atoms. The van der Waals surface area contributed by atoms with Crippen LogP contribution in [0.1, 0.15) is 13.8 Å². The zero-order chi connectivity index (χ0) is 21.6. The second-order valence-electron chi connectivity index (χ2n) is 6.46. The van der Waals surface area contributed by atoms with Gasteiger partial charge in [0, 0.05) is 19.8 Å². The van der Waals surface area contributed by atoms with Gasteiger partial charge in [-0.05, 0) is 44.2 Å². The zero-order valence-electron chi connectivity index (χ0n) is 16.7. The highest BCUT2D eigenvalue weighted by Crippen LogP contribution is 2.18. The van der Waals surface area contributed by atoms with E-state index in [1.165, 1.54) is 46.1 Å². The van der Waals surface area contributed by atoms with E-state index in [9.17, 15) is 18.0 Å². The Bertz CT molecular complexity index is 960. The Kier molecular flexibility index (Phi) is 7.35. The first kappa shape index (κ1) is 22.4. The summed E-state index contributed by atoms with van der Waals surface area (Å²) in [6.45, 7) is 2.94. The second kappa shape index (κ2) is 9.53. The molecular weight excluding hydrogens is 396 g/mol. The van der Waals surface area contributed by atoms with Crippen LogP contribution < -0.4 is 10.1 Å². The molecule has 1 N–H and O–H groups in total. The molecule has 2 atom stereocenters. The molecule has 1 amide bonds. The largest absolute Gasteiger partial charge is 0.479 e. The summed E-state index contributed by atoms with van der Waals surface area (Å²) >= 11 is 0. The zero-order valence-corrected chi connectivity index (χ0v) is 17.5. The minimum Gasteiger partial charge on any atom is -0.479 e. The van der Waals surface area contributed by atoms with Crippen LogP contribution in [0.5, 0.6) is 5.75 Å². The number of esters is 1. The topological polar surface area (TPSA) is 102 Å². The first-order valence-electron chi connectivity index (χ1n) is 8.87. The lowest BCUT2D eigenvalue weighted by molar-refractivity contribution is -0.159. The van der Waals surface area contributed by atoms with Crippen LogP contribution in [-0.4, -0.2) is 50.9 Å². The van der Waals surface area contributed by atoms with Crippen molar-refractivity contribution in [2.75, 3.05) is 19.4 Å². The van der Waals surface area contributed by atoms with Crippen LogP contribution in [-0.2, 0) is 24.3 Å². The molecule has 0 aliphatic heterocycles. The molecule has 0 aromatic heterocycles. The molecule has 156 valence electrons. The number of benzene rings is 2. The Balaban J connectivity index is 1.98. The fourth-order valence-corrected chi connectivity index (χ4v) is 3.21. The fraction of sp³-hybridized carbons (Fsp3) is 0.300. The van der Waals surface area contributed by atoms with E-state index in [0.29, 0.717) is 5.75 Å². The van der Waals surface area contributed by atoms with Crippen LogP contribution >= 0.6 is 0 Å². The number of anilines is 1. The van der Waals surface area contributed by atoms with Gasteiger partial charge >= 0.3 is 5.97 Å². The van der Waals surface area contributed by atoms with E-state index in [2.05, 4.69) is 5.32 Å². The average molecular weight is 420 g/mol. The minimum atomic E-state index is -3.64. The SMILES string of the molecule is C[C@H](Oc1ccccc1)C(=O)O[C@H](C)C(=O)Nc1cccc(S(=O)(=O)N(C)C)c1. The summed E-state index contributed by atoms with van der Waals surface area (Å²) < 4.78 is 36.1. The monoisotopic (exact) mass is 420 g/mol. The van der Waals surface area contributed by atoms with E-state index in [0.717, 1.165) is 4.31 Å². The molecule has 0 spiro atoms. The van der Waals surface area contributed by atoms with Crippen molar-refractivity contribution < 1.29 is 27.5 Å². The molecule has 0 aliphatic carbocycles. The van der Waals surface area contributed by atoms with Gasteiger partial charge in [0.25, 0.3) is 5.91 Å². The maximum absolute atomic E-state index is 12.3. The molecule has 0 bridgehead atoms. The lowest BCUT2D eigenvalue weighted by Crippen LogP contribution is -2.35. The van der Waals surface area contributed by atoms with Crippen molar-refractivity contribution in [2.24, 2.45) is 0 Å². The summed E-state index contributed by atoms with van der Waals surface area (Å²) in [6.07, 6.45) is -2.00. The van der Waals surface area contributed by atoms with E-state index in [-0.39, 0.29) is 10.6 Å². The van der Waals surface area contributed by atoms with Gasteiger partial charge in [-0.15, -0.1) is 0 Å². The molecule has 0 saturated carbocycles. The number of nitrogens with zero attached hydrogens (tertiary/aromatic N) is 1. The maximum atomic E-state index is 12.3. The molecule has 2 aromatic rings. The van der Waals surface area contributed by atoms with Crippen LogP contribution in [0.3, 0.4) is 0 Å². The molecule has 0 saturated heterocycles. The predicted octanol–water partition coefficient (Wildman–Crippen LogP) is 2.27. The number of rotatable bonds is 8. The molecule has 9 heteroatoms. The summed E-state index contributed by atoms with van der Waals surface area (Å²) in [7, 11) is -0.800. The molecule has 2 rings (SSSR count). The van der Waals surface area contributed by atoms with E-state index < -0.39 is 34.1 Å². The van der Waals surface area contributed by atoms with Crippen molar-refractivity contribution in [3.8, 4) is 5.75 Å². The first-order chi connectivity index (χ1) is 13.6. The predicted molar refractivity (Wildman–Crippen MR) is 108 cm³/mol. The van der Waals surface area contributed by atoms with Crippen molar-refractivity contribution in [3.63, 3.8) is 0 Å². The summed E-state index contributed by atoms with van der Waals surface area (Å²) in [5, 5.41) is 2.55. The second-order valence-corrected chi connectivity index (χ2v) is 8.61. The molecule has 0 unspecified atom stereocenters. The number of para-hydroxylation sites is 1. The molecule has 0 heterocycles. The van der Waals surface area contributed by atoms with Gasteiger partial charge in [0.05, 0.1) is 4.90 Å². The van der Waals surface area contributed by atoms with Gasteiger partial charge in [0.2, 0.25) is 10.0 Å². The van der Waals surface area contributed by atoms with Crippen LogP contribution in [0, 0.1) is 0 Å². The number of carbonyl (C=O) groups is 2. The Morgan fingerprint density at radius 1 is 0.966 bits per heavy atom. The van der Waals surface area contributed by atoms with Crippen molar-refractivity contribution in [1.29, 1.82) is 0 Å². The molecular formula is C20H24N2O6S. The maximum Gasteiger partial charge on any atom is 0.347 e. The number of nitrogens with one attached hydrogen (secondary N) is 1. The smallest absolute Gasteiger partial charge is 0.347 e. The number of hydrogen-bond donors (Lipinski definition) is 1. The fourth-order valence-electron chi connectivity index (χ4n) is 2.26. The van der Waals surface area contributed by atoms with Gasteiger partial charge in [-0.25, -0.2) is 17.5 Å². The van der Waals surface area contributed by atoms with Gasteiger partial charge in [-0.1, -0.05) is 24.3 Å². The Labute approximate surface area is 170 Å². The van der Waals surface area contributed by atoms with Crippen molar-refractivity contribution in [2.45, 2.75) is 31.0 Å². The highest BCUT2D eigenvalue weighted by Gasteiger charge is 2.24. The normalized spacial score (nSPS) is 13.4.